The maximum absolute atomic E-state index is 12.7. The van der Waals surface area contributed by atoms with Crippen LogP contribution in [0, 0.1) is 6.92 Å². The number of nitrogens with zero attached hydrogens (tertiary/aromatic N) is 2. The van der Waals surface area contributed by atoms with Crippen molar-refractivity contribution in [3.63, 3.8) is 0 Å². The first-order valence-electron chi connectivity index (χ1n) is 5.49. The summed E-state index contributed by atoms with van der Waals surface area (Å²) in [7, 11) is 0. The Morgan fingerprint density at radius 1 is 1.25 bits per heavy atom. The van der Waals surface area contributed by atoms with Crippen LogP contribution in [0.5, 0.6) is 0 Å². The van der Waals surface area contributed by atoms with Gasteiger partial charge in [-0.05, 0) is 19.1 Å². The Balaban J connectivity index is 2.60. The third kappa shape index (κ3) is 2.69. The molecule has 0 saturated carbocycles. The maximum Gasteiger partial charge on any atom is 0.416 e. The van der Waals surface area contributed by atoms with E-state index in [2.05, 4.69) is 11.7 Å². The molecule has 0 aliphatic carbocycles. The van der Waals surface area contributed by atoms with Gasteiger partial charge in [0.2, 0.25) is 0 Å². The van der Waals surface area contributed by atoms with Crippen LogP contribution in [0.25, 0.3) is 11.8 Å². The van der Waals surface area contributed by atoms with Crippen molar-refractivity contribution in [1.82, 2.24) is 9.78 Å². The summed E-state index contributed by atoms with van der Waals surface area (Å²) in [5.41, 5.74) is 0.727. The van der Waals surface area contributed by atoms with Gasteiger partial charge in [-0.3, -0.25) is 0 Å². The first-order chi connectivity index (χ1) is 9.24. The van der Waals surface area contributed by atoms with Gasteiger partial charge in [-0.1, -0.05) is 35.9 Å². The smallest absolute Gasteiger partial charge is 0.237 e. The van der Waals surface area contributed by atoms with E-state index in [4.69, 9.17) is 23.2 Å². The topological polar surface area (TPSA) is 17.8 Å². The average molecular weight is 321 g/mol. The van der Waals surface area contributed by atoms with E-state index < -0.39 is 11.7 Å². The van der Waals surface area contributed by atoms with Crippen molar-refractivity contribution >= 4 is 29.3 Å². The predicted molar refractivity (Wildman–Crippen MR) is 73.4 cm³/mol. The van der Waals surface area contributed by atoms with Gasteiger partial charge in [0.05, 0.1) is 21.3 Å². The normalized spacial score (nSPS) is 11.7. The van der Waals surface area contributed by atoms with Crippen LogP contribution in [0.4, 0.5) is 13.2 Å². The van der Waals surface area contributed by atoms with Gasteiger partial charge in [-0.25, -0.2) is 4.68 Å². The summed E-state index contributed by atoms with van der Waals surface area (Å²) in [6, 6.07) is 1.65. The molecule has 0 N–H and O–H groups in total. The highest BCUT2D eigenvalue weighted by atomic mass is 35.5. The van der Waals surface area contributed by atoms with Gasteiger partial charge in [-0.2, -0.15) is 18.3 Å². The van der Waals surface area contributed by atoms with Crippen LogP contribution < -0.4 is 0 Å². The molecule has 1 aromatic carbocycles. The SMILES string of the molecule is C=Cc1cn(-c2c(Cl)cc(C(F)(F)F)cc2Cl)nc1C. The molecule has 0 amide bonds. The van der Waals surface area contributed by atoms with E-state index in [1.165, 1.54) is 4.68 Å². The molecule has 0 atom stereocenters. The van der Waals surface area contributed by atoms with E-state index in [9.17, 15) is 13.2 Å². The van der Waals surface area contributed by atoms with Crippen molar-refractivity contribution in [2.45, 2.75) is 13.1 Å². The van der Waals surface area contributed by atoms with Gasteiger partial charge in [0.1, 0.15) is 5.69 Å². The molecule has 0 saturated heterocycles. The van der Waals surface area contributed by atoms with Gasteiger partial charge in [0.25, 0.3) is 0 Å². The number of hydrogen-bond acceptors (Lipinski definition) is 1. The van der Waals surface area contributed by atoms with Crippen LogP contribution in [0.1, 0.15) is 16.8 Å². The van der Waals surface area contributed by atoms with Crippen molar-refractivity contribution in [3.05, 3.63) is 51.8 Å². The van der Waals surface area contributed by atoms with Crippen LogP contribution in [0.2, 0.25) is 10.0 Å². The number of alkyl halides is 3. The highest BCUT2D eigenvalue weighted by molar-refractivity contribution is 6.37. The monoisotopic (exact) mass is 320 g/mol. The first kappa shape index (κ1) is 14.9. The molecule has 20 heavy (non-hydrogen) atoms. The first-order valence-corrected chi connectivity index (χ1v) is 6.25. The van der Waals surface area contributed by atoms with E-state index >= 15 is 0 Å². The fraction of sp³-hybridized carbons (Fsp3) is 0.154. The molecular weight excluding hydrogens is 312 g/mol. The summed E-state index contributed by atoms with van der Waals surface area (Å²) in [6.45, 7) is 5.37. The minimum atomic E-state index is -4.50. The van der Waals surface area contributed by atoms with Crippen molar-refractivity contribution in [1.29, 1.82) is 0 Å². The molecule has 2 nitrogen and oxygen atoms in total. The Labute approximate surface area is 123 Å². The fourth-order valence-corrected chi connectivity index (χ4v) is 2.40. The zero-order valence-corrected chi connectivity index (χ0v) is 11.8. The summed E-state index contributed by atoms with van der Waals surface area (Å²) in [5, 5.41) is 3.92. The average Bonchev–Trinajstić information content (AvgIpc) is 2.68. The molecule has 0 bridgehead atoms. The number of benzene rings is 1. The van der Waals surface area contributed by atoms with E-state index in [1.807, 2.05) is 0 Å². The largest absolute Gasteiger partial charge is 0.416 e. The molecule has 1 aromatic heterocycles. The lowest BCUT2D eigenvalue weighted by molar-refractivity contribution is -0.137. The highest BCUT2D eigenvalue weighted by Crippen LogP contribution is 2.37. The van der Waals surface area contributed by atoms with Crippen LogP contribution >= 0.6 is 23.2 Å². The number of halogens is 5. The van der Waals surface area contributed by atoms with Crippen LogP contribution in [-0.2, 0) is 6.18 Å². The van der Waals surface area contributed by atoms with E-state index in [-0.39, 0.29) is 15.7 Å². The fourth-order valence-electron chi connectivity index (χ4n) is 1.74. The summed E-state index contributed by atoms with van der Waals surface area (Å²) >= 11 is 11.8. The lowest BCUT2D eigenvalue weighted by atomic mass is 10.2. The van der Waals surface area contributed by atoms with Crippen molar-refractivity contribution < 1.29 is 13.2 Å². The highest BCUT2D eigenvalue weighted by Gasteiger charge is 2.32. The van der Waals surface area contributed by atoms with Gasteiger partial charge < -0.3 is 0 Å². The minimum Gasteiger partial charge on any atom is -0.237 e. The van der Waals surface area contributed by atoms with Gasteiger partial charge in [-0.15, -0.1) is 0 Å². The van der Waals surface area contributed by atoms with Crippen LogP contribution in [-0.4, -0.2) is 9.78 Å². The summed E-state index contributed by atoms with van der Waals surface area (Å²) in [5.74, 6) is 0. The lowest BCUT2D eigenvalue weighted by Gasteiger charge is -2.12. The summed E-state index contributed by atoms with van der Waals surface area (Å²) < 4.78 is 39.3. The minimum absolute atomic E-state index is 0.122. The number of rotatable bonds is 2. The Morgan fingerprint density at radius 2 is 1.80 bits per heavy atom. The van der Waals surface area contributed by atoms with E-state index in [0.29, 0.717) is 5.69 Å². The van der Waals surface area contributed by atoms with E-state index in [1.54, 1.807) is 19.2 Å². The van der Waals surface area contributed by atoms with E-state index in [0.717, 1.165) is 17.7 Å². The molecule has 2 aromatic rings. The predicted octanol–water partition coefficient (Wildman–Crippen LogP) is 5.15. The molecule has 7 heteroatoms. The molecular formula is C13H9Cl2F3N2. The Morgan fingerprint density at radius 3 is 2.20 bits per heavy atom. The number of aryl methyl sites for hydroxylation is 1. The Hall–Kier alpha value is -1.46. The summed E-state index contributed by atoms with van der Waals surface area (Å²) in [4.78, 5) is 0. The molecule has 0 fully saturated rings. The van der Waals surface area contributed by atoms with Gasteiger partial charge in [0, 0.05) is 11.8 Å². The second-order valence-corrected chi connectivity index (χ2v) is 4.92. The molecule has 0 aliphatic rings. The Kier molecular flexibility index (Phi) is 3.84. The standard InChI is InChI=1S/C13H9Cl2F3N2/c1-3-8-6-20(19-7(8)2)12-10(14)4-9(5-11(12)15)13(16,17)18/h3-6H,1H2,2H3. The van der Waals surface area contributed by atoms with Crippen LogP contribution in [0.15, 0.2) is 24.9 Å². The number of hydrogen-bond donors (Lipinski definition) is 0. The molecule has 2 rings (SSSR count). The van der Waals surface area contributed by atoms with Crippen molar-refractivity contribution in [2.24, 2.45) is 0 Å². The van der Waals surface area contributed by atoms with Crippen molar-refractivity contribution in [2.75, 3.05) is 0 Å². The maximum atomic E-state index is 12.7. The second kappa shape index (κ2) is 5.14. The summed E-state index contributed by atoms with van der Waals surface area (Å²) in [6.07, 6.45) is -1.31. The molecule has 0 spiro atoms. The van der Waals surface area contributed by atoms with Gasteiger partial charge >= 0.3 is 6.18 Å². The molecule has 0 unspecified atom stereocenters. The van der Waals surface area contributed by atoms with Gasteiger partial charge in [0.15, 0.2) is 0 Å². The second-order valence-electron chi connectivity index (χ2n) is 4.10. The molecule has 0 radical (unpaired) electrons. The molecule has 106 valence electrons. The van der Waals surface area contributed by atoms with Crippen LogP contribution in [0.3, 0.4) is 0 Å². The lowest BCUT2D eigenvalue weighted by Crippen LogP contribution is -2.07. The quantitative estimate of drug-likeness (QED) is 0.748. The van der Waals surface area contributed by atoms with Crippen molar-refractivity contribution in [3.8, 4) is 5.69 Å². The number of aromatic nitrogens is 2. The zero-order valence-electron chi connectivity index (χ0n) is 10.3. The molecule has 1 heterocycles. The Bertz CT molecular complexity index is 652. The third-order valence-electron chi connectivity index (χ3n) is 2.73. The third-order valence-corrected chi connectivity index (χ3v) is 3.31. The molecule has 0 aliphatic heterocycles. The zero-order chi connectivity index (χ0) is 15.1.